The Kier molecular flexibility index (Phi) is 5.37. The van der Waals surface area contributed by atoms with E-state index in [1.807, 2.05) is 25.5 Å². The normalized spacial score (nSPS) is 12.8. The van der Waals surface area contributed by atoms with Gasteiger partial charge in [-0.25, -0.2) is 0 Å². The summed E-state index contributed by atoms with van der Waals surface area (Å²) in [7, 11) is 0. The SMILES string of the molecule is CCCC(C)C(=O)Cc1c(Br)c(C)nn1CC. The van der Waals surface area contributed by atoms with Crippen molar-refractivity contribution in [3.8, 4) is 0 Å². The molecule has 0 N–H and O–H groups in total. The van der Waals surface area contributed by atoms with Crippen molar-refractivity contribution in [2.75, 3.05) is 0 Å². The van der Waals surface area contributed by atoms with Gasteiger partial charge < -0.3 is 0 Å². The van der Waals surface area contributed by atoms with Crippen LogP contribution in [-0.2, 0) is 17.8 Å². The van der Waals surface area contributed by atoms with Crippen molar-refractivity contribution in [3.05, 3.63) is 15.9 Å². The average Bonchev–Trinajstić information content (AvgIpc) is 2.57. The van der Waals surface area contributed by atoms with Gasteiger partial charge in [-0.3, -0.25) is 9.48 Å². The summed E-state index contributed by atoms with van der Waals surface area (Å²) in [6, 6.07) is 0. The van der Waals surface area contributed by atoms with Gasteiger partial charge in [0.05, 0.1) is 15.9 Å². The molecule has 0 aromatic carbocycles. The Labute approximate surface area is 112 Å². The number of hydrogen-bond acceptors (Lipinski definition) is 2. The van der Waals surface area contributed by atoms with Gasteiger partial charge in [0.2, 0.25) is 0 Å². The molecule has 1 aromatic heterocycles. The summed E-state index contributed by atoms with van der Waals surface area (Å²) in [6.07, 6.45) is 2.51. The van der Waals surface area contributed by atoms with E-state index in [0.29, 0.717) is 12.2 Å². The van der Waals surface area contributed by atoms with Gasteiger partial charge in [0.25, 0.3) is 0 Å². The van der Waals surface area contributed by atoms with Gasteiger partial charge in [-0.2, -0.15) is 5.10 Å². The molecule has 0 aliphatic carbocycles. The topological polar surface area (TPSA) is 34.9 Å². The van der Waals surface area contributed by atoms with Crippen LogP contribution in [0.1, 0.15) is 45.0 Å². The fourth-order valence-corrected chi connectivity index (χ4v) is 2.40. The Morgan fingerprint density at radius 3 is 2.65 bits per heavy atom. The second-order valence-electron chi connectivity index (χ2n) is 4.49. The monoisotopic (exact) mass is 300 g/mol. The molecule has 0 bridgehead atoms. The smallest absolute Gasteiger partial charge is 0.141 e. The molecule has 0 aliphatic rings. The maximum Gasteiger partial charge on any atom is 0.141 e. The predicted octanol–water partition coefficient (Wildman–Crippen LogP) is 3.52. The van der Waals surface area contributed by atoms with Crippen LogP contribution in [0, 0.1) is 12.8 Å². The Morgan fingerprint density at radius 1 is 1.47 bits per heavy atom. The van der Waals surface area contributed by atoms with Crippen molar-refractivity contribution in [2.24, 2.45) is 5.92 Å². The first-order valence-corrected chi connectivity index (χ1v) is 7.05. The maximum absolute atomic E-state index is 12.1. The van der Waals surface area contributed by atoms with Crippen LogP contribution in [0.15, 0.2) is 4.47 Å². The molecule has 0 aliphatic heterocycles. The summed E-state index contributed by atoms with van der Waals surface area (Å²) in [4.78, 5) is 12.1. The van der Waals surface area contributed by atoms with E-state index in [-0.39, 0.29) is 5.92 Å². The lowest BCUT2D eigenvalue weighted by atomic mass is 9.97. The molecular weight excluding hydrogens is 280 g/mol. The van der Waals surface area contributed by atoms with Gasteiger partial charge >= 0.3 is 0 Å². The highest BCUT2D eigenvalue weighted by Crippen LogP contribution is 2.23. The van der Waals surface area contributed by atoms with Crippen molar-refractivity contribution in [3.63, 3.8) is 0 Å². The number of aryl methyl sites for hydroxylation is 2. The summed E-state index contributed by atoms with van der Waals surface area (Å²) in [5, 5.41) is 4.40. The zero-order valence-corrected chi connectivity index (χ0v) is 12.7. The zero-order valence-electron chi connectivity index (χ0n) is 11.1. The van der Waals surface area contributed by atoms with E-state index in [0.717, 1.165) is 35.2 Å². The third kappa shape index (κ3) is 3.41. The molecule has 17 heavy (non-hydrogen) atoms. The van der Waals surface area contributed by atoms with Crippen LogP contribution in [-0.4, -0.2) is 15.6 Å². The van der Waals surface area contributed by atoms with Gasteiger partial charge in [-0.15, -0.1) is 0 Å². The average molecular weight is 301 g/mol. The van der Waals surface area contributed by atoms with E-state index < -0.39 is 0 Å². The molecule has 4 heteroatoms. The fraction of sp³-hybridized carbons (Fsp3) is 0.692. The number of halogens is 1. The lowest BCUT2D eigenvalue weighted by Gasteiger charge is -2.10. The number of hydrogen-bond donors (Lipinski definition) is 0. The predicted molar refractivity (Wildman–Crippen MR) is 73.1 cm³/mol. The first kappa shape index (κ1) is 14.4. The molecule has 0 amide bonds. The van der Waals surface area contributed by atoms with E-state index >= 15 is 0 Å². The van der Waals surface area contributed by atoms with Crippen molar-refractivity contribution >= 4 is 21.7 Å². The van der Waals surface area contributed by atoms with Crippen LogP contribution in [0.4, 0.5) is 0 Å². The van der Waals surface area contributed by atoms with E-state index in [1.165, 1.54) is 0 Å². The maximum atomic E-state index is 12.1. The molecule has 0 fully saturated rings. The van der Waals surface area contributed by atoms with Crippen LogP contribution in [0.25, 0.3) is 0 Å². The van der Waals surface area contributed by atoms with Crippen molar-refractivity contribution in [1.82, 2.24) is 9.78 Å². The molecular formula is C13H21BrN2O. The van der Waals surface area contributed by atoms with Gasteiger partial charge in [0.1, 0.15) is 5.78 Å². The Hall–Kier alpha value is -0.640. The number of carbonyl (C=O) groups is 1. The molecule has 1 heterocycles. The Balaban J connectivity index is 2.84. The van der Waals surface area contributed by atoms with Crippen molar-refractivity contribution < 1.29 is 4.79 Å². The number of carbonyl (C=O) groups excluding carboxylic acids is 1. The van der Waals surface area contributed by atoms with Crippen LogP contribution < -0.4 is 0 Å². The second kappa shape index (κ2) is 6.34. The van der Waals surface area contributed by atoms with Crippen LogP contribution in [0.2, 0.25) is 0 Å². The molecule has 0 radical (unpaired) electrons. The lowest BCUT2D eigenvalue weighted by molar-refractivity contribution is -0.122. The largest absolute Gasteiger partial charge is 0.299 e. The molecule has 0 spiro atoms. The van der Waals surface area contributed by atoms with Gasteiger partial charge in [-0.1, -0.05) is 20.3 Å². The summed E-state index contributed by atoms with van der Waals surface area (Å²) < 4.78 is 2.90. The zero-order chi connectivity index (χ0) is 13.0. The minimum Gasteiger partial charge on any atom is -0.299 e. The third-order valence-corrected chi connectivity index (χ3v) is 4.10. The summed E-state index contributed by atoms with van der Waals surface area (Å²) in [5.41, 5.74) is 1.97. The Morgan fingerprint density at radius 2 is 2.12 bits per heavy atom. The number of rotatable bonds is 6. The van der Waals surface area contributed by atoms with E-state index in [9.17, 15) is 4.79 Å². The molecule has 96 valence electrons. The van der Waals surface area contributed by atoms with E-state index in [2.05, 4.69) is 28.0 Å². The molecule has 0 saturated carbocycles. The standard InChI is InChI=1S/C13H21BrN2O/c1-5-7-9(3)12(17)8-11-13(14)10(4)15-16(11)6-2/h9H,5-8H2,1-4H3. The van der Waals surface area contributed by atoms with Gasteiger partial charge in [0.15, 0.2) is 0 Å². The van der Waals surface area contributed by atoms with E-state index in [1.54, 1.807) is 0 Å². The number of aromatic nitrogens is 2. The summed E-state index contributed by atoms with van der Waals surface area (Å²) in [6.45, 7) is 8.93. The van der Waals surface area contributed by atoms with Crippen molar-refractivity contribution in [2.45, 2.75) is 53.5 Å². The number of Topliss-reactive ketones (excluding diaryl/α,β-unsaturated/α-hetero) is 1. The highest BCUT2D eigenvalue weighted by molar-refractivity contribution is 9.10. The lowest BCUT2D eigenvalue weighted by Crippen LogP contribution is -2.16. The van der Waals surface area contributed by atoms with Crippen LogP contribution >= 0.6 is 15.9 Å². The van der Waals surface area contributed by atoms with Crippen LogP contribution in [0.3, 0.4) is 0 Å². The van der Waals surface area contributed by atoms with Gasteiger partial charge in [-0.05, 0) is 36.2 Å². The summed E-state index contributed by atoms with van der Waals surface area (Å²) in [5.74, 6) is 0.453. The molecule has 3 nitrogen and oxygen atoms in total. The molecule has 1 aromatic rings. The van der Waals surface area contributed by atoms with Crippen LogP contribution in [0.5, 0.6) is 0 Å². The molecule has 1 atom stereocenters. The molecule has 1 rings (SSSR count). The molecule has 1 unspecified atom stereocenters. The fourth-order valence-electron chi connectivity index (χ4n) is 1.97. The highest BCUT2D eigenvalue weighted by Gasteiger charge is 2.18. The van der Waals surface area contributed by atoms with Crippen molar-refractivity contribution in [1.29, 1.82) is 0 Å². The first-order chi connectivity index (χ1) is 8.01. The minimum atomic E-state index is 0.146. The Bertz CT molecular complexity index is 398. The molecule has 0 saturated heterocycles. The number of nitrogens with zero attached hydrogens (tertiary/aromatic N) is 2. The second-order valence-corrected chi connectivity index (χ2v) is 5.29. The quantitative estimate of drug-likeness (QED) is 0.805. The van der Waals surface area contributed by atoms with E-state index in [4.69, 9.17) is 0 Å². The minimum absolute atomic E-state index is 0.146. The number of ketones is 1. The highest BCUT2D eigenvalue weighted by atomic mass is 79.9. The third-order valence-electron chi connectivity index (χ3n) is 3.07. The first-order valence-electron chi connectivity index (χ1n) is 6.25. The van der Waals surface area contributed by atoms with Gasteiger partial charge in [0, 0.05) is 18.9 Å². The summed E-state index contributed by atoms with van der Waals surface area (Å²) >= 11 is 3.52.